The quantitative estimate of drug-likeness (QED) is 0.666. The first kappa shape index (κ1) is 9.94. The van der Waals surface area contributed by atoms with E-state index in [1.807, 2.05) is 24.3 Å². The number of hydrogen-bond acceptors (Lipinski definition) is 2. The molecule has 0 spiro atoms. The molecule has 0 radical (unpaired) electrons. The van der Waals surface area contributed by atoms with Gasteiger partial charge in [0, 0.05) is 5.92 Å². The van der Waals surface area contributed by atoms with Gasteiger partial charge in [-0.2, -0.15) is 0 Å². The molecule has 2 rings (SSSR count). The van der Waals surface area contributed by atoms with Crippen LogP contribution >= 0.6 is 0 Å². The number of hydrogen-bond donors (Lipinski definition) is 2. The molecule has 2 aliphatic rings. The summed E-state index contributed by atoms with van der Waals surface area (Å²) in [6.07, 6.45) is 11.3. The van der Waals surface area contributed by atoms with Crippen molar-refractivity contribution in [3.8, 4) is 0 Å². The lowest BCUT2D eigenvalue weighted by molar-refractivity contribution is 0.0160. The number of aliphatic hydroxyl groups excluding tert-OH is 2. The van der Waals surface area contributed by atoms with Crippen molar-refractivity contribution < 1.29 is 10.2 Å². The van der Waals surface area contributed by atoms with Crippen LogP contribution < -0.4 is 0 Å². The third-order valence-corrected chi connectivity index (χ3v) is 3.42. The Labute approximate surface area is 85.0 Å². The lowest BCUT2D eigenvalue weighted by Crippen LogP contribution is -2.36. The second kappa shape index (κ2) is 4.28. The smallest absolute Gasteiger partial charge is 0.0790 e. The van der Waals surface area contributed by atoms with Crippen molar-refractivity contribution in [1.82, 2.24) is 0 Å². The third-order valence-electron chi connectivity index (χ3n) is 3.42. The van der Waals surface area contributed by atoms with Crippen molar-refractivity contribution in [2.24, 2.45) is 11.8 Å². The monoisotopic (exact) mass is 194 g/mol. The summed E-state index contributed by atoms with van der Waals surface area (Å²) in [4.78, 5) is 0. The lowest BCUT2D eigenvalue weighted by atomic mass is 9.74. The fourth-order valence-corrected chi connectivity index (χ4v) is 2.60. The maximum absolute atomic E-state index is 9.87. The van der Waals surface area contributed by atoms with Crippen LogP contribution in [0.2, 0.25) is 0 Å². The largest absolute Gasteiger partial charge is 0.393 e. The Bertz CT molecular complexity index is 245. The van der Waals surface area contributed by atoms with E-state index < -0.39 is 6.10 Å². The highest BCUT2D eigenvalue weighted by Gasteiger charge is 2.32. The van der Waals surface area contributed by atoms with E-state index in [4.69, 9.17) is 0 Å². The van der Waals surface area contributed by atoms with Crippen LogP contribution in [0.1, 0.15) is 25.7 Å². The molecule has 2 heteroatoms. The summed E-state index contributed by atoms with van der Waals surface area (Å²) in [5, 5.41) is 19.7. The van der Waals surface area contributed by atoms with Gasteiger partial charge in [0.25, 0.3) is 0 Å². The topological polar surface area (TPSA) is 40.5 Å². The standard InChI is InChI=1S/C12H18O2/c13-11-7-3-1-5-9(11)10-6-2-4-8-12(10)14/h1,3,5,7,9-14H,2,4,6,8H2. The summed E-state index contributed by atoms with van der Waals surface area (Å²) in [6.45, 7) is 0. The van der Waals surface area contributed by atoms with Gasteiger partial charge in [-0.15, -0.1) is 0 Å². The van der Waals surface area contributed by atoms with E-state index >= 15 is 0 Å². The van der Waals surface area contributed by atoms with E-state index in [1.54, 1.807) is 0 Å². The highest BCUT2D eigenvalue weighted by molar-refractivity contribution is 5.16. The number of aliphatic hydroxyl groups is 2. The lowest BCUT2D eigenvalue weighted by Gasteiger charge is -2.35. The van der Waals surface area contributed by atoms with Gasteiger partial charge < -0.3 is 10.2 Å². The fourth-order valence-electron chi connectivity index (χ4n) is 2.60. The Morgan fingerprint density at radius 3 is 2.36 bits per heavy atom. The van der Waals surface area contributed by atoms with Gasteiger partial charge in [0.15, 0.2) is 0 Å². The predicted molar refractivity (Wildman–Crippen MR) is 55.7 cm³/mol. The van der Waals surface area contributed by atoms with E-state index in [1.165, 1.54) is 6.42 Å². The third kappa shape index (κ3) is 1.91. The van der Waals surface area contributed by atoms with Gasteiger partial charge >= 0.3 is 0 Å². The van der Waals surface area contributed by atoms with Crippen LogP contribution in [-0.2, 0) is 0 Å². The van der Waals surface area contributed by atoms with Gasteiger partial charge in [0.1, 0.15) is 0 Å². The van der Waals surface area contributed by atoms with E-state index in [9.17, 15) is 10.2 Å². The molecule has 14 heavy (non-hydrogen) atoms. The molecule has 0 aromatic carbocycles. The molecule has 2 N–H and O–H groups in total. The van der Waals surface area contributed by atoms with Crippen molar-refractivity contribution in [2.75, 3.05) is 0 Å². The Hall–Kier alpha value is -0.600. The maximum Gasteiger partial charge on any atom is 0.0790 e. The van der Waals surface area contributed by atoms with E-state index in [0.29, 0.717) is 0 Å². The summed E-state index contributed by atoms with van der Waals surface area (Å²) >= 11 is 0. The second-order valence-electron chi connectivity index (χ2n) is 4.35. The highest BCUT2D eigenvalue weighted by atomic mass is 16.3. The zero-order valence-corrected chi connectivity index (χ0v) is 8.34. The summed E-state index contributed by atoms with van der Waals surface area (Å²) in [6, 6.07) is 0. The molecule has 0 aromatic heterocycles. The zero-order chi connectivity index (χ0) is 9.97. The first-order chi connectivity index (χ1) is 6.79. The second-order valence-corrected chi connectivity index (χ2v) is 4.35. The van der Waals surface area contributed by atoms with Crippen LogP contribution in [0.5, 0.6) is 0 Å². The van der Waals surface area contributed by atoms with Crippen molar-refractivity contribution >= 4 is 0 Å². The summed E-state index contributed by atoms with van der Waals surface area (Å²) in [5.41, 5.74) is 0. The van der Waals surface area contributed by atoms with Gasteiger partial charge in [-0.3, -0.25) is 0 Å². The van der Waals surface area contributed by atoms with Gasteiger partial charge in [-0.05, 0) is 18.8 Å². The normalized spacial score (nSPS) is 42.7. The summed E-state index contributed by atoms with van der Waals surface area (Å²) in [5.74, 6) is 0.371. The molecule has 1 saturated carbocycles. The molecular formula is C12H18O2. The number of rotatable bonds is 1. The van der Waals surface area contributed by atoms with Crippen LogP contribution in [0, 0.1) is 11.8 Å². The van der Waals surface area contributed by atoms with Gasteiger partial charge in [0.05, 0.1) is 12.2 Å². The van der Waals surface area contributed by atoms with Crippen LogP contribution in [-0.4, -0.2) is 22.4 Å². The molecule has 2 aliphatic carbocycles. The molecule has 0 aliphatic heterocycles. The van der Waals surface area contributed by atoms with Gasteiger partial charge in [0.2, 0.25) is 0 Å². The minimum atomic E-state index is -0.405. The molecule has 4 unspecified atom stereocenters. The first-order valence-corrected chi connectivity index (χ1v) is 5.50. The van der Waals surface area contributed by atoms with E-state index in [2.05, 4.69) is 0 Å². The highest BCUT2D eigenvalue weighted by Crippen LogP contribution is 2.34. The molecule has 4 atom stereocenters. The molecule has 0 bridgehead atoms. The van der Waals surface area contributed by atoms with Crippen molar-refractivity contribution in [1.29, 1.82) is 0 Å². The minimum absolute atomic E-state index is 0.121. The minimum Gasteiger partial charge on any atom is -0.393 e. The maximum atomic E-state index is 9.87. The summed E-state index contributed by atoms with van der Waals surface area (Å²) < 4.78 is 0. The predicted octanol–water partition coefficient (Wildman–Crippen LogP) is 1.64. The average molecular weight is 194 g/mol. The summed E-state index contributed by atoms with van der Waals surface area (Å²) in [7, 11) is 0. The Balaban J connectivity index is 2.05. The Kier molecular flexibility index (Phi) is 3.04. The van der Waals surface area contributed by atoms with E-state index in [-0.39, 0.29) is 17.9 Å². The van der Waals surface area contributed by atoms with E-state index in [0.717, 1.165) is 19.3 Å². The van der Waals surface area contributed by atoms with Crippen LogP contribution in [0.15, 0.2) is 24.3 Å². The molecule has 2 nitrogen and oxygen atoms in total. The number of allylic oxidation sites excluding steroid dienone is 2. The first-order valence-electron chi connectivity index (χ1n) is 5.50. The molecular weight excluding hydrogens is 176 g/mol. The Morgan fingerprint density at radius 2 is 1.64 bits per heavy atom. The molecule has 0 amide bonds. The average Bonchev–Trinajstić information content (AvgIpc) is 2.20. The van der Waals surface area contributed by atoms with Crippen molar-refractivity contribution in [3.63, 3.8) is 0 Å². The molecule has 1 fully saturated rings. The zero-order valence-electron chi connectivity index (χ0n) is 8.34. The van der Waals surface area contributed by atoms with Crippen molar-refractivity contribution in [2.45, 2.75) is 37.9 Å². The Morgan fingerprint density at radius 1 is 0.929 bits per heavy atom. The van der Waals surface area contributed by atoms with Crippen LogP contribution in [0.4, 0.5) is 0 Å². The molecule has 0 aromatic rings. The van der Waals surface area contributed by atoms with Crippen LogP contribution in [0.3, 0.4) is 0 Å². The van der Waals surface area contributed by atoms with Crippen LogP contribution in [0.25, 0.3) is 0 Å². The fraction of sp³-hybridized carbons (Fsp3) is 0.667. The SMILES string of the molecule is OC1C=CC=CC1C1CCCCC1O. The molecule has 78 valence electrons. The molecule has 0 saturated heterocycles. The molecule has 0 heterocycles. The van der Waals surface area contributed by atoms with Gasteiger partial charge in [-0.25, -0.2) is 0 Å². The van der Waals surface area contributed by atoms with Gasteiger partial charge in [-0.1, -0.05) is 37.1 Å². The van der Waals surface area contributed by atoms with Crippen molar-refractivity contribution in [3.05, 3.63) is 24.3 Å².